The van der Waals surface area contributed by atoms with Gasteiger partial charge in [0.2, 0.25) is 0 Å². The molecule has 1 fully saturated rings. The fraction of sp³-hybridized carbons (Fsp3) is 0.556. The van der Waals surface area contributed by atoms with Crippen LogP contribution >= 0.6 is 0 Å². The molecule has 18 heavy (non-hydrogen) atoms. The molecule has 0 heterocycles. The lowest BCUT2D eigenvalue weighted by Gasteiger charge is -2.52. The lowest BCUT2D eigenvalue weighted by Crippen LogP contribution is -2.42. The fourth-order valence-electron chi connectivity index (χ4n) is 4.06. The number of fused-ring (bicyclic) bond motifs is 1. The molecule has 0 radical (unpaired) electrons. The van der Waals surface area contributed by atoms with Crippen molar-refractivity contribution in [1.29, 1.82) is 0 Å². The van der Waals surface area contributed by atoms with Crippen LogP contribution in [0.3, 0.4) is 0 Å². The van der Waals surface area contributed by atoms with E-state index in [2.05, 4.69) is 57.2 Å². The third-order valence-electron chi connectivity index (χ3n) is 5.78. The molecule has 0 saturated heterocycles. The maximum Gasteiger partial charge on any atom is 0.00861 e. The number of benzene rings is 1. The minimum Gasteiger partial charge on any atom is -0.0758 e. The van der Waals surface area contributed by atoms with E-state index in [-0.39, 0.29) is 0 Å². The summed E-state index contributed by atoms with van der Waals surface area (Å²) in [6, 6.07) is 8.93. The predicted octanol–water partition coefficient (Wildman–Crippen LogP) is 5.40. The Hall–Kier alpha value is -1.04. The molecule has 2 aliphatic carbocycles. The highest BCUT2D eigenvalue weighted by molar-refractivity contribution is 5.63. The van der Waals surface area contributed by atoms with Crippen molar-refractivity contribution in [3.05, 3.63) is 41.5 Å². The van der Waals surface area contributed by atoms with E-state index in [1.807, 2.05) is 0 Å². The number of hydrogen-bond donors (Lipinski definition) is 0. The van der Waals surface area contributed by atoms with Gasteiger partial charge in [-0.25, -0.2) is 0 Å². The molecule has 2 atom stereocenters. The van der Waals surface area contributed by atoms with E-state index in [1.54, 1.807) is 5.56 Å². The van der Waals surface area contributed by atoms with Crippen LogP contribution in [0.2, 0.25) is 0 Å². The van der Waals surface area contributed by atoms with Crippen LogP contribution in [0.1, 0.15) is 63.5 Å². The van der Waals surface area contributed by atoms with Gasteiger partial charge in [0.05, 0.1) is 0 Å². The van der Waals surface area contributed by atoms with Crippen LogP contribution in [0, 0.1) is 10.8 Å². The summed E-state index contributed by atoms with van der Waals surface area (Å²) in [5.41, 5.74) is 3.84. The maximum atomic E-state index is 2.52. The van der Waals surface area contributed by atoms with Gasteiger partial charge in [0.1, 0.15) is 0 Å². The summed E-state index contributed by atoms with van der Waals surface area (Å²) in [6.07, 6.45) is 10.3. The molecule has 2 aliphatic rings. The van der Waals surface area contributed by atoms with Crippen LogP contribution in [-0.2, 0) is 0 Å². The summed E-state index contributed by atoms with van der Waals surface area (Å²) in [4.78, 5) is 0. The van der Waals surface area contributed by atoms with Crippen LogP contribution < -0.4 is 0 Å². The van der Waals surface area contributed by atoms with Crippen molar-refractivity contribution in [3.8, 4) is 0 Å². The zero-order valence-corrected chi connectivity index (χ0v) is 11.9. The monoisotopic (exact) mass is 240 g/mol. The number of allylic oxidation sites excluding steroid dienone is 1. The molecule has 0 aromatic heterocycles. The summed E-state index contributed by atoms with van der Waals surface area (Å²) in [7, 11) is 0. The molecular weight excluding hydrogens is 216 g/mol. The van der Waals surface area contributed by atoms with E-state index in [9.17, 15) is 0 Å². The van der Waals surface area contributed by atoms with Gasteiger partial charge < -0.3 is 0 Å². The minimum atomic E-state index is 0.411. The molecule has 3 rings (SSSR count). The largest absolute Gasteiger partial charge is 0.0758 e. The summed E-state index contributed by atoms with van der Waals surface area (Å²) >= 11 is 0. The van der Waals surface area contributed by atoms with Gasteiger partial charge in [0.15, 0.2) is 0 Å². The van der Waals surface area contributed by atoms with E-state index in [0.29, 0.717) is 16.7 Å². The third-order valence-corrected chi connectivity index (χ3v) is 5.78. The van der Waals surface area contributed by atoms with Crippen LogP contribution in [0.4, 0.5) is 0 Å². The Balaban J connectivity index is 2.03. The van der Waals surface area contributed by atoms with Crippen molar-refractivity contribution in [3.63, 3.8) is 0 Å². The molecular formula is C18H24. The Kier molecular flexibility index (Phi) is 2.66. The fourth-order valence-corrected chi connectivity index (χ4v) is 4.06. The van der Waals surface area contributed by atoms with Crippen molar-refractivity contribution in [2.24, 2.45) is 10.8 Å². The second-order valence-electron chi connectivity index (χ2n) is 6.97. The van der Waals surface area contributed by atoms with Crippen LogP contribution in [0.5, 0.6) is 0 Å². The second kappa shape index (κ2) is 3.98. The van der Waals surface area contributed by atoms with Crippen molar-refractivity contribution in [2.45, 2.75) is 52.4 Å². The second-order valence-corrected chi connectivity index (χ2v) is 6.97. The Morgan fingerprint density at radius 3 is 2.50 bits per heavy atom. The highest BCUT2D eigenvalue weighted by Gasteiger charge is 2.48. The zero-order chi connectivity index (χ0) is 12.8. The summed E-state index contributed by atoms with van der Waals surface area (Å²) in [5.74, 6) is 0.615. The first-order chi connectivity index (χ1) is 8.55. The van der Waals surface area contributed by atoms with E-state index in [4.69, 9.17) is 0 Å². The lowest BCUT2D eigenvalue weighted by atomic mass is 9.53. The van der Waals surface area contributed by atoms with Crippen LogP contribution in [0.15, 0.2) is 30.3 Å². The molecule has 0 N–H and O–H groups in total. The molecule has 0 heteroatoms. The van der Waals surface area contributed by atoms with Gasteiger partial charge in [-0.15, -0.1) is 0 Å². The quantitative estimate of drug-likeness (QED) is 0.616. The van der Waals surface area contributed by atoms with Crippen molar-refractivity contribution in [2.75, 3.05) is 0 Å². The normalized spacial score (nSPS) is 33.4. The highest BCUT2D eigenvalue weighted by Crippen LogP contribution is 2.59. The molecule has 96 valence electrons. The van der Waals surface area contributed by atoms with Crippen molar-refractivity contribution < 1.29 is 0 Å². The standard InChI is InChI=1S/C18H24/c1-17(2)12-6-7-13-18(17,3)16-11-10-14-8-4-5-9-15(14)16/h4-5,8-11,16H,6-7,12-13H2,1-3H3. The summed E-state index contributed by atoms with van der Waals surface area (Å²) in [5, 5.41) is 0. The molecule has 1 aromatic rings. The van der Waals surface area contributed by atoms with Crippen molar-refractivity contribution >= 4 is 6.08 Å². The van der Waals surface area contributed by atoms with Gasteiger partial charge >= 0.3 is 0 Å². The Bertz CT molecular complexity index is 481. The lowest BCUT2D eigenvalue weighted by molar-refractivity contribution is 0.0202. The molecule has 2 unspecified atom stereocenters. The molecule has 0 bridgehead atoms. The molecule has 0 amide bonds. The Morgan fingerprint density at radius 1 is 1.00 bits per heavy atom. The third kappa shape index (κ3) is 1.58. The van der Waals surface area contributed by atoms with Gasteiger partial charge in [0.25, 0.3) is 0 Å². The SMILES string of the molecule is CC1(C)CCCCC1(C)C1C=Cc2ccccc21. The predicted molar refractivity (Wildman–Crippen MR) is 78.6 cm³/mol. The number of hydrogen-bond acceptors (Lipinski definition) is 0. The van der Waals surface area contributed by atoms with E-state index < -0.39 is 0 Å². The number of rotatable bonds is 1. The first-order valence-corrected chi connectivity index (χ1v) is 7.32. The first-order valence-electron chi connectivity index (χ1n) is 7.32. The van der Waals surface area contributed by atoms with Gasteiger partial charge in [-0.1, -0.05) is 70.0 Å². The summed E-state index contributed by atoms with van der Waals surface area (Å²) < 4.78 is 0. The minimum absolute atomic E-state index is 0.411. The van der Waals surface area contributed by atoms with Gasteiger partial charge in [-0.3, -0.25) is 0 Å². The molecule has 1 aromatic carbocycles. The van der Waals surface area contributed by atoms with E-state index in [1.165, 1.54) is 31.2 Å². The maximum absolute atomic E-state index is 2.52. The van der Waals surface area contributed by atoms with Crippen LogP contribution in [-0.4, -0.2) is 0 Å². The smallest absolute Gasteiger partial charge is 0.00861 e. The van der Waals surface area contributed by atoms with Gasteiger partial charge in [-0.05, 0) is 34.8 Å². The molecule has 0 aliphatic heterocycles. The Labute approximate surface area is 111 Å². The highest BCUT2D eigenvalue weighted by atomic mass is 14.5. The molecule has 1 saturated carbocycles. The Morgan fingerprint density at radius 2 is 1.72 bits per heavy atom. The van der Waals surface area contributed by atoms with E-state index >= 15 is 0 Å². The molecule has 0 spiro atoms. The van der Waals surface area contributed by atoms with Gasteiger partial charge in [-0.2, -0.15) is 0 Å². The average molecular weight is 240 g/mol. The molecule has 0 nitrogen and oxygen atoms in total. The van der Waals surface area contributed by atoms with Crippen LogP contribution in [0.25, 0.3) is 6.08 Å². The van der Waals surface area contributed by atoms with Gasteiger partial charge in [0, 0.05) is 5.92 Å². The van der Waals surface area contributed by atoms with E-state index in [0.717, 1.165) is 0 Å². The zero-order valence-electron chi connectivity index (χ0n) is 11.9. The van der Waals surface area contributed by atoms with Crippen molar-refractivity contribution in [1.82, 2.24) is 0 Å². The topological polar surface area (TPSA) is 0 Å². The summed E-state index contributed by atoms with van der Waals surface area (Å²) in [6.45, 7) is 7.46. The first kappa shape index (κ1) is 12.0. The average Bonchev–Trinajstić information content (AvgIpc) is 2.77.